The predicted molar refractivity (Wildman–Crippen MR) is 93.5 cm³/mol. The van der Waals surface area contributed by atoms with Crippen LogP contribution in [-0.4, -0.2) is 46.8 Å². The number of carbonyl (C=O) groups is 1. The number of aliphatic hydroxyl groups is 1. The summed E-state index contributed by atoms with van der Waals surface area (Å²) < 4.78 is 17.7. The molecule has 0 aromatic rings. The van der Waals surface area contributed by atoms with E-state index < -0.39 is 29.0 Å². The average molecular weight is 349 g/mol. The van der Waals surface area contributed by atoms with Gasteiger partial charge in [0.1, 0.15) is 6.10 Å². The van der Waals surface area contributed by atoms with Gasteiger partial charge in [0.25, 0.3) is 0 Å². The molecule has 0 radical (unpaired) electrons. The molecular weight excluding hydrogens is 316 g/mol. The summed E-state index contributed by atoms with van der Waals surface area (Å²) in [5.41, 5.74) is 0.309. The normalized spacial score (nSPS) is 15.3. The fourth-order valence-corrected chi connectivity index (χ4v) is 9.29. The summed E-state index contributed by atoms with van der Waals surface area (Å²) in [5.74, 6) is -0.505. The Bertz CT molecular complexity index is 377. The van der Waals surface area contributed by atoms with E-state index in [1.807, 2.05) is 20.0 Å². The van der Waals surface area contributed by atoms with Gasteiger partial charge in [-0.25, -0.2) is 4.79 Å². The molecule has 0 bridgehead atoms. The molecule has 0 saturated carbocycles. The van der Waals surface area contributed by atoms with Gasteiger partial charge in [0, 0.05) is 5.57 Å². The molecule has 0 saturated heterocycles. The lowest BCUT2D eigenvalue weighted by Crippen LogP contribution is -2.50. The minimum atomic E-state index is -2.36. The molecule has 130 valence electrons. The Labute approximate surface area is 137 Å². The molecule has 0 fully saturated rings. The van der Waals surface area contributed by atoms with Crippen LogP contribution in [0.2, 0.25) is 32.7 Å². The smallest absolute Gasteiger partial charge is 0.333 e. The summed E-state index contributed by atoms with van der Waals surface area (Å²) in [4.78, 5) is 11.7. The van der Waals surface area contributed by atoms with Gasteiger partial charge in [0.15, 0.2) is 8.32 Å². The molecule has 0 aliphatic rings. The zero-order valence-electron chi connectivity index (χ0n) is 15.1. The third-order valence-corrected chi connectivity index (χ3v) is 8.05. The van der Waals surface area contributed by atoms with Crippen molar-refractivity contribution in [1.29, 1.82) is 0 Å². The highest BCUT2D eigenvalue weighted by Gasteiger charge is 2.37. The molecule has 5 nitrogen and oxygen atoms in total. The Kier molecular flexibility index (Phi) is 8.78. The molecule has 22 heavy (non-hydrogen) atoms. The molecule has 0 aliphatic carbocycles. The van der Waals surface area contributed by atoms with Gasteiger partial charge >= 0.3 is 14.5 Å². The first kappa shape index (κ1) is 21.5. The number of ether oxygens (including phenoxy) is 1. The molecule has 0 spiro atoms. The third kappa shape index (κ3) is 8.84. The zero-order valence-corrected chi connectivity index (χ0v) is 17.1. The van der Waals surface area contributed by atoms with Crippen LogP contribution in [-0.2, 0) is 18.1 Å². The first-order valence-corrected chi connectivity index (χ1v) is 14.0. The van der Waals surface area contributed by atoms with E-state index in [1.165, 1.54) is 0 Å². The Balaban J connectivity index is 5.01. The largest absolute Gasteiger partial charge is 0.454 e. The summed E-state index contributed by atoms with van der Waals surface area (Å²) in [6.45, 7) is 17.2. The highest BCUT2D eigenvalue weighted by Crippen LogP contribution is 2.22. The molecule has 0 aliphatic heterocycles. The van der Waals surface area contributed by atoms with E-state index in [0.29, 0.717) is 12.0 Å². The summed E-state index contributed by atoms with van der Waals surface area (Å²) in [7, 11) is -4.08. The van der Waals surface area contributed by atoms with E-state index in [0.717, 1.165) is 6.42 Å². The molecule has 1 N–H and O–H groups in total. The van der Waals surface area contributed by atoms with Gasteiger partial charge in [0.05, 0.1) is 12.7 Å². The van der Waals surface area contributed by atoms with Crippen molar-refractivity contribution < 1.29 is 23.2 Å². The van der Waals surface area contributed by atoms with Crippen LogP contribution in [0.3, 0.4) is 0 Å². The van der Waals surface area contributed by atoms with E-state index >= 15 is 0 Å². The maximum absolute atomic E-state index is 11.7. The maximum Gasteiger partial charge on any atom is 0.333 e. The lowest BCUT2D eigenvalue weighted by atomic mass is 10.1. The average Bonchev–Trinajstić information content (AvgIpc) is 2.31. The van der Waals surface area contributed by atoms with Gasteiger partial charge in [-0.2, -0.15) is 0 Å². The highest BCUT2D eigenvalue weighted by molar-refractivity contribution is 6.81. The second-order valence-electron chi connectivity index (χ2n) is 6.97. The topological polar surface area (TPSA) is 65.0 Å². The molecule has 2 unspecified atom stereocenters. The van der Waals surface area contributed by atoms with E-state index in [9.17, 15) is 9.90 Å². The number of rotatable bonds is 10. The van der Waals surface area contributed by atoms with Crippen LogP contribution in [0.25, 0.3) is 0 Å². The van der Waals surface area contributed by atoms with Gasteiger partial charge < -0.3 is 18.4 Å². The molecule has 0 heterocycles. The fraction of sp³-hybridized carbons (Fsp3) is 0.800. The van der Waals surface area contributed by atoms with Crippen molar-refractivity contribution in [3.8, 4) is 0 Å². The fourth-order valence-electron chi connectivity index (χ4n) is 2.20. The molecule has 7 heteroatoms. The minimum Gasteiger partial charge on any atom is -0.454 e. The number of carbonyl (C=O) groups excluding carboxylic acids is 1. The Hall–Kier alpha value is -0.476. The summed E-state index contributed by atoms with van der Waals surface area (Å²) >= 11 is 0. The quantitative estimate of drug-likeness (QED) is 0.373. The van der Waals surface area contributed by atoms with E-state index in [2.05, 4.69) is 26.2 Å². The molecular formula is C15H32O5Si2. The number of aliphatic hydroxyl groups excluding tert-OH is 1. The minimum absolute atomic E-state index is 0.277. The third-order valence-electron chi connectivity index (χ3n) is 2.76. The summed E-state index contributed by atoms with van der Waals surface area (Å²) in [5, 5.41) is 9.58. The maximum atomic E-state index is 11.7. The van der Waals surface area contributed by atoms with Gasteiger partial charge in [0.2, 0.25) is 0 Å². The predicted octanol–water partition coefficient (Wildman–Crippen LogP) is 3.21. The molecule has 0 rings (SSSR count). The SMILES string of the molecule is C=C(C)C(=O)OC(CO)C(CCC)O[Si](C)(C)O[Si](C)(C)C. The van der Waals surface area contributed by atoms with Crippen molar-refractivity contribution in [2.24, 2.45) is 0 Å². The molecule has 2 atom stereocenters. The van der Waals surface area contributed by atoms with Crippen molar-refractivity contribution >= 4 is 22.8 Å². The van der Waals surface area contributed by atoms with Gasteiger partial charge in [-0.05, 0) is 46.1 Å². The van der Waals surface area contributed by atoms with Crippen LogP contribution in [0.15, 0.2) is 12.2 Å². The lowest BCUT2D eigenvalue weighted by molar-refractivity contribution is -0.153. The van der Waals surface area contributed by atoms with Crippen molar-refractivity contribution in [2.45, 2.75) is 71.6 Å². The Morgan fingerprint density at radius 3 is 2.09 bits per heavy atom. The van der Waals surface area contributed by atoms with E-state index in [-0.39, 0.29) is 12.7 Å². The number of esters is 1. The van der Waals surface area contributed by atoms with Gasteiger partial charge in [-0.3, -0.25) is 0 Å². The van der Waals surface area contributed by atoms with Crippen LogP contribution < -0.4 is 0 Å². The monoisotopic (exact) mass is 348 g/mol. The Morgan fingerprint density at radius 2 is 1.73 bits per heavy atom. The van der Waals surface area contributed by atoms with Crippen LogP contribution in [0.4, 0.5) is 0 Å². The first-order chi connectivity index (χ1) is 9.91. The number of hydrogen-bond acceptors (Lipinski definition) is 5. The Morgan fingerprint density at radius 1 is 1.18 bits per heavy atom. The summed E-state index contributed by atoms with van der Waals surface area (Å²) in [6.07, 6.45) is 0.501. The van der Waals surface area contributed by atoms with Crippen molar-refractivity contribution in [3.05, 3.63) is 12.2 Å². The van der Waals surface area contributed by atoms with Crippen molar-refractivity contribution in [1.82, 2.24) is 0 Å². The highest BCUT2D eigenvalue weighted by atomic mass is 28.4. The van der Waals surface area contributed by atoms with Crippen LogP contribution in [0.5, 0.6) is 0 Å². The van der Waals surface area contributed by atoms with Crippen molar-refractivity contribution in [3.63, 3.8) is 0 Å². The molecule has 0 aromatic heterocycles. The van der Waals surface area contributed by atoms with Gasteiger partial charge in [-0.15, -0.1) is 0 Å². The molecule has 0 aromatic carbocycles. The van der Waals surface area contributed by atoms with Crippen LogP contribution >= 0.6 is 0 Å². The van der Waals surface area contributed by atoms with Crippen LogP contribution in [0.1, 0.15) is 26.7 Å². The van der Waals surface area contributed by atoms with Crippen molar-refractivity contribution in [2.75, 3.05) is 6.61 Å². The number of hydrogen-bond donors (Lipinski definition) is 1. The molecule has 0 amide bonds. The standard InChI is InChI=1S/C15H32O5Si2/c1-9-10-13(14(11-16)18-15(17)12(2)3)19-22(7,8)20-21(4,5)6/h13-14,16H,2,9-11H2,1,3-8H3. The lowest BCUT2D eigenvalue weighted by Gasteiger charge is -2.36. The summed E-state index contributed by atoms with van der Waals surface area (Å²) in [6, 6.07) is 0. The van der Waals surface area contributed by atoms with E-state index in [1.54, 1.807) is 6.92 Å². The zero-order chi connectivity index (χ0) is 17.6. The van der Waals surface area contributed by atoms with Gasteiger partial charge in [-0.1, -0.05) is 19.9 Å². The van der Waals surface area contributed by atoms with Crippen LogP contribution in [0, 0.1) is 0 Å². The van der Waals surface area contributed by atoms with E-state index in [4.69, 9.17) is 13.3 Å². The second-order valence-corrected chi connectivity index (χ2v) is 15.0. The first-order valence-electron chi connectivity index (χ1n) is 7.77. The second kappa shape index (κ2) is 8.98.